The van der Waals surface area contributed by atoms with Crippen molar-refractivity contribution in [2.45, 2.75) is 18.8 Å². The van der Waals surface area contributed by atoms with Crippen molar-refractivity contribution < 1.29 is 8.94 Å². The quantitative estimate of drug-likeness (QED) is 0.600. The maximum atomic E-state index is 11.1. The van der Waals surface area contributed by atoms with Crippen molar-refractivity contribution in [2.75, 3.05) is 0 Å². The zero-order chi connectivity index (χ0) is 17.0. The van der Waals surface area contributed by atoms with Gasteiger partial charge in [0.15, 0.2) is 11.5 Å². The van der Waals surface area contributed by atoms with Gasteiger partial charge in [0.25, 0.3) is 0 Å². The van der Waals surface area contributed by atoms with Crippen LogP contribution in [0.3, 0.4) is 0 Å². The van der Waals surface area contributed by atoms with Crippen molar-refractivity contribution in [3.63, 3.8) is 0 Å². The van der Waals surface area contributed by atoms with Crippen LogP contribution in [0.5, 0.6) is 0 Å². The molecule has 0 aliphatic heterocycles. The molecule has 0 unspecified atom stereocenters. The van der Waals surface area contributed by atoms with E-state index in [0.29, 0.717) is 33.4 Å². The first kappa shape index (κ1) is 14.4. The summed E-state index contributed by atoms with van der Waals surface area (Å²) in [5.74, 6) is 0.729. The third-order valence-corrected chi connectivity index (χ3v) is 4.31. The van der Waals surface area contributed by atoms with Gasteiger partial charge in [-0.15, -0.1) is 0 Å². The fourth-order valence-electron chi connectivity index (χ4n) is 2.65. The van der Waals surface area contributed by atoms with Crippen LogP contribution in [0.2, 0.25) is 5.02 Å². The van der Waals surface area contributed by atoms with Crippen molar-refractivity contribution in [1.82, 2.24) is 25.1 Å². The molecule has 1 aliphatic rings. The molecule has 0 bridgehead atoms. The first-order chi connectivity index (χ1) is 12.2. The standard InChI is InChI=1S/C16H10ClN5O3/c17-9-3-8(4-11-13(9)24-15(20-11)7-1-2-7)10-5-12(19-6-18-10)14-21-16(23)25-22-14/h3-7H,1-2H2,(H,21,22,23). The van der Waals surface area contributed by atoms with Gasteiger partial charge in [0.2, 0.25) is 5.82 Å². The minimum Gasteiger partial charge on any atom is -0.439 e. The molecule has 0 amide bonds. The van der Waals surface area contributed by atoms with Crippen LogP contribution in [0.25, 0.3) is 33.9 Å². The first-order valence-corrected chi connectivity index (χ1v) is 8.04. The number of halogens is 1. The summed E-state index contributed by atoms with van der Waals surface area (Å²) in [5, 5.41) is 4.11. The molecule has 9 heteroatoms. The van der Waals surface area contributed by atoms with E-state index in [1.165, 1.54) is 6.33 Å². The summed E-state index contributed by atoms with van der Waals surface area (Å²) in [6, 6.07) is 5.32. The lowest BCUT2D eigenvalue weighted by molar-refractivity contribution is 0.387. The molecule has 4 aromatic rings. The molecule has 1 aromatic carbocycles. The number of nitrogens with one attached hydrogen (secondary N) is 1. The van der Waals surface area contributed by atoms with Gasteiger partial charge in [-0.05, 0) is 31.0 Å². The number of fused-ring (bicyclic) bond motifs is 1. The Bertz CT molecular complexity index is 1160. The fourth-order valence-corrected chi connectivity index (χ4v) is 2.90. The molecule has 0 saturated heterocycles. The summed E-state index contributed by atoms with van der Waals surface area (Å²) in [7, 11) is 0. The van der Waals surface area contributed by atoms with Gasteiger partial charge in [0.05, 0.1) is 10.7 Å². The third kappa shape index (κ3) is 2.51. The number of hydrogen-bond acceptors (Lipinski definition) is 7. The highest BCUT2D eigenvalue weighted by Gasteiger charge is 2.29. The molecule has 25 heavy (non-hydrogen) atoms. The van der Waals surface area contributed by atoms with Crippen molar-refractivity contribution in [3.05, 3.63) is 46.0 Å². The molecule has 1 aliphatic carbocycles. The van der Waals surface area contributed by atoms with Crippen LogP contribution in [-0.4, -0.2) is 25.1 Å². The Morgan fingerprint density at radius 3 is 2.76 bits per heavy atom. The lowest BCUT2D eigenvalue weighted by Gasteiger charge is -2.03. The predicted octanol–water partition coefficient (Wildman–Crippen LogP) is 3.16. The summed E-state index contributed by atoms with van der Waals surface area (Å²) in [4.78, 5) is 26.5. The Morgan fingerprint density at radius 2 is 2.00 bits per heavy atom. The fraction of sp³-hybridized carbons (Fsp3) is 0.188. The second kappa shape index (κ2) is 5.25. The van der Waals surface area contributed by atoms with E-state index in [2.05, 4.69) is 29.6 Å². The molecule has 5 rings (SSSR count). The van der Waals surface area contributed by atoms with E-state index in [1.807, 2.05) is 6.07 Å². The molecule has 3 heterocycles. The van der Waals surface area contributed by atoms with Gasteiger partial charge in [0.1, 0.15) is 17.5 Å². The summed E-state index contributed by atoms with van der Waals surface area (Å²) < 4.78 is 10.3. The average molecular weight is 356 g/mol. The molecular formula is C16H10ClN5O3. The van der Waals surface area contributed by atoms with Crippen LogP contribution >= 0.6 is 11.6 Å². The van der Waals surface area contributed by atoms with E-state index in [1.54, 1.807) is 12.1 Å². The van der Waals surface area contributed by atoms with E-state index >= 15 is 0 Å². The normalized spacial score (nSPS) is 14.3. The second-order valence-corrected chi connectivity index (χ2v) is 6.27. The van der Waals surface area contributed by atoms with Crippen molar-refractivity contribution >= 4 is 22.7 Å². The minimum absolute atomic E-state index is 0.235. The largest absolute Gasteiger partial charge is 0.439 e. The van der Waals surface area contributed by atoms with Crippen molar-refractivity contribution in [1.29, 1.82) is 0 Å². The van der Waals surface area contributed by atoms with Gasteiger partial charge in [-0.25, -0.2) is 19.7 Å². The highest BCUT2D eigenvalue weighted by Crippen LogP contribution is 2.42. The van der Waals surface area contributed by atoms with Crippen LogP contribution < -0.4 is 5.76 Å². The number of hydrogen-bond donors (Lipinski definition) is 1. The SMILES string of the molecule is O=c1[nH]c(-c2cc(-c3cc(Cl)c4oc(C5CC5)nc4c3)ncn2)no1. The minimum atomic E-state index is -0.644. The predicted molar refractivity (Wildman–Crippen MR) is 88.1 cm³/mol. The number of nitrogens with zero attached hydrogens (tertiary/aromatic N) is 4. The van der Waals surface area contributed by atoms with Crippen LogP contribution in [0.1, 0.15) is 24.7 Å². The number of aromatic nitrogens is 5. The molecule has 8 nitrogen and oxygen atoms in total. The Hall–Kier alpha value is -3.00. The van der Waals surface area contributed by atoms with Gasteiger partial charge >= 0.3 is 5.76 Å². The van der Waals surface area contributed by atoms with Gasteiger partial charge in [-0.2, -0.15) is 0 Å². The van der Waals surface area contributed by atoms with Crippen LogP contribution in [-0.2, 0) is 0 Å². The molecule has 0 atom stereocenters. The number of aromatic amines is 1. The second-order valence-electron chi connectivity index (χ2n) is 5.86. The highest BCUT2D eigenvalue weighted by molar-refractivity contribution is 6.35. The Kier molecular flexibility index (Phi) is 3.01. The van der Waals surface area contributed by atoms with Crippen LogP contribution in [0.4, 0.5) is 0 Å². The van der Waals surface area contributed by atoms with Crippen molar-refractivity contribution in [2.24, 2.45) is 0 Å². The van der Waals surface area contributed by atoms with E-state index in [-0.39, 0.29) is 5.82 Å². The lowest BCUT2D eigenvalue weighted by Crippen LogP contribution is -1.96. The molecule has 1 saturated carbocycles. The summed E-state index contributed by atoms with van der Waals surface area (Å²) >= 11 is 6.36. The van der Waals surface area contributed by atoms with Crippen LogP contribution in [0, 0.1) is 0 Å². The van der Waals surface area contributed by atoms with E-state index < -0.39 is 5.76 Å². The maximum absolute atomic E-state index is 11.1. The van der Waals surface area contributed by atoms with E-state index in [9.17, 15) is 4.79 Å². The van der Waals surface area contributed by atoms with Gasteiger partial charge in [0, 0.05) is 11.5 Å². The Morgan fingerprint density at radius 1 is 1.16 bits per heavy atom. The molecular weight excluding hydrogens is 346 g/mol. The molecule has 3 aromatic heterocycles. The smallest absolute Gasteiger partial charge is 0.439 e. The molecule has 1 N–H and O–H groups in total. The first-order valence-electron chi connectivity index (χ1n) is 7.66. The molecule has 1 fully saturated rings. The zero-order valence-corrected chi connectivity index (χ0v) is 13.4. The van der Waals surface area contributed by atoms with Crippen molar-refractivity contribution in [3.8, 4) is 22.8 Å². The van der Waals surface area contributed by atoms with Crippen LogP contribution in [0.15, 0.2) is 38.3 Å². The number of oxazole rings is 1. The molecule has 124 valence electrons. The topological polar surface area (TPSA) is 111 Å². The van der Waals surface area contributed by atoms with E-state index in [0.717, 1.165) is 24.3 Å². The lowest BCUT2D eigenvalue weighted by atomic mass is 10.1. The number of H-pyrrole nitrogens is 1. The zero-order valence-electron chi connectivity index (χ0n) is 12.7. The summed E-state index contributed by atoms with van der Waals surface area (Å²) in [6.07, 6.45) is 3.58. The van der Waals surface area contributed by atoms with E-state index in [4.69, 9.17) is 16.0 Å². The monoisotopic (exact) mass is 355 g/mol. The average Bonchev–Trinajstić information content (AvgIpc) is 3.23. The summed E-state index contributed by atoms with van der Waals surface area (Å²) in [5.41, 5.74) is 3.10. The highest BCUT2D eigenvalue weighted by atomic mass is 35.5. The number of rotatable bonds is 3. The van der Waals surface area contributed by atoms with Gasteiger partial charge < -0.3 is 4.42 Å². The Labute approximate surface area is 144 Å². The maximum Gasteiger partial charge on any atom is 0.439 e. The van der Waals surface area contributed by atoms with Gasteiger partial charge in [-0.1, -0.05) is 16.8 Å². The third-order valence-electron chi connectivity index (χ3n) is 4.03. The number of benzene rings is 1. The van der Waals surface area contributed by atoms with Gasteiger partial charge in [-0.3, -0.25) is 9.51 Å². The Balaban J connectivity index is 1.61. The summed E-state index contributed by atoms with van der Waals surface area (Å²) in [6.45, 7) is 0. The molecule has 0 radical (unpaired) electrons. The molecule has 0 spiro atoms.